The summed E-state index contributed by atoms with van der Waals surface area (Å²) in [6, 6.07) is 7.72. The van der Waals surface area contributed by atoms with Gasteiger partial charge in [-0.25, -0.2) is 0 Å². The lowest BCUT2D eigenvalue weighted by Crippen LogP contribution is -2.35. The van der Waals surface area contributed by atoms with E-state index in [-0.39, 0.29) is 18.5 Å². The summed E-state index contributed by atoms with van der Waals surface area (Å²) in [5.41, 5.74) is 0.976. The molecule has 19 heavy (non-hydrogen) atoms. The third kappa shape index (κ3) is 1.75. The van der Waals surface area contributed by atoms with Crippen molar-refractivity contribution >= 4 is 0 Å². The number of rotatable bonds is 2. The van der Waals surface area contributed by atoms with Crippen molar-refractivity contribution in [3.8, 4) is 5.75 Å². The van der Waals surface area contributed by atoms with Crippen LogP contribution in [0.2, 0.25) is 0 Å². The molecule has 4 rings (SSSR count). The average Bonchev–Trinajstić information content (AvgIpc) is 3.12. The van der Waals surface area contributed by atoms with Gasteiger partial charge in [0.05, 0.1) is 19.0 Å². The first-order valence-electron chi connectivity index (χ1n) is 6.56. The maximum atomic E-state index is 6.05. The van der Waals surface area contributed by atoms with Crippen LogP contribution in [0.3, 0.4) is 0 Å². The van der Waals surface area contributed by atoms with E-state index in [0.717, 1.165) is 23.5 Å². The molecule has 3 aliphatic rings. The molecule has 100 valence electrons. The third-order valence-corrected chi connectivity index (χ3v) is 4.17. The van der Waals surface area contributed by atoms with Crippen molar-refractivity contribution in [1.82, 2.24) is 0 Å². The molecule has 0 amide bonds. The lowest BCUT2D eigenvalue weighted by atomic mass is 10.0. The number of fused-ring (bicyclic) bond motifs is 3. The van der Waals surface area contributed by atoms with Crippen molar-refractivity contribution in [2.45, 2.75) is 31.0 Å². The van der Waals surface area contributed by atoms with Gasteiger partial charge < -0.3 is 18.9 Å². The predicted molar refractivity (Wildman–Crippen MR) is 67.6 cm³/mol. The predicted octanol–water partition coefficient (Wildman–Crippen LogP) is 2.41. The van der Waals surface area contributed by atoms with E-state index < -0.39 is 0 Å². The Morgan fingerprint density at radius 1 is 1.16 bits per heavy atom. The normalized spacial score (nSPS) is 39.2. The van der Waals surface area contributed by atoms with Crippen molar-refractivity contribution < 1.29 is 18.9 Å². The SMILES string of the molecule is C=C1OC(c2ccc(OC)cc2)O[C@H]2[C@H]3O[C@H]3C[C@@H]12. The van der Waals surface area contributed by atoms with Crippen LogP contribution in [0.4, 0.5) is 0 Å². The Balaban J connectivity index is 1.56. The molecule has 2 heterocycles. The largest absolute Gasteiger partial charge is 0.497 e. The molecule has 4 heteroatoms. The summed E-state index contributed by atoms with van der Waals surface area (Å²) in [4.78, 5) is 0. The highest BCUT2D eigenvalue weighted by molar-refractivity contribution is 5.28. The molecule has 2 saturated heterocycles. The summed E-state index contributed by atoms with van der Waals surface area (Å²) >= 11 is 0. The molecule has 1 aliphatic carbocycles. The van der Waals surface area contributed by atoms with Crippen LogP contribution in [0.25, 0.3) is 0 Å². The Labute approximate surface area is 111 Å². The Morgan fingerprint density at radius 3 is 2.68 bits per heavy atom. The lowest BCUT2D eigenvalue weighted by Gasteiger charge is -2.35. The molecule has 1 aromatic carbocycles. The van der Waals surface area contributed by atoms with Gasteiger partial charge in [0.15, 0.2) is 0 Å². The minimum atomic E-state index is -0.386. The zero-order valence-electron chi connectivity index (χ0n) is 10.7. The molecular weight excluding hydrogens is 244 g/mol. The molecule has 3 fully saturated rings. The fraction of sp³-hybridized carbons (Fsp3) is 0.467. The van der Waals surface area contributed by atoms with Gasteiger partial charge in [-0.3, -0.25) is 0 Å². The molecule has 5 atom stereocenters. The molecular formula is C15H16O4. The molecule has 0 bridgehead atoms. The number of hydrogen-bond donors (Lipinski definition) is 0. The Morgan fingerprint density at radius 2 is 1.95 bits per heavy atom. The number of methoxy groups -OCH3 is 1. The second kappa shape index (κ2) is 3.99. The molecule has 1 saturated carbocycles. The first-order chi connectivity index (χ1) is 9.26. The number of ether oxygens (including phenoxy) is 4. The Kier molecular flexibility index (Phi) is 2.37. The smallest absolute Gasteiger partial charge is 0.226 e. The Hall–Kier alpha value is -1.52. The summed E-state index contributed by atoms with van der Waals surface area (Å²) in [5, 5.41) is 0. The summed E-state index contributed by atoms with van der Waals surface area (Å²) in [5.74, 6) is 1.94. The topological polar surface area (TPSA) is 40.2 Å². The second-order valence-corrected chi connectivity index (χ2v) is 5.27. The molecule has 0 radical (unpaired) electrons. The first kappa shape index (κ1) is 11.3. The molecule has 0 aromatic heterocycles. The minimum Gasteiger partial charge on any atom is -0.497 e. The standard InChI is InChI=1S/C15H16O4/c1-8-11-7-12-14(18-12)13(11)19-15(17-8)9-3-5-10(16-2)6-4-9/h3-6,11-15H,1,7H2,2H3/t11-,12-,13+,14-,15?/m0/s1. The Bertz CT molecular complexity index is 509. The van der Waals surface area contributed by atoms with Gasteiger partial charge in [0, 0.05) is 11.5 Å². The van der Waals surface area contributed by atoms with E-state index in [4.69, 9.17) is 18.9 Å². The van der Waals surface area contributed by atoms with Gasteiger partial charge in [-0.15, -0.1) is 0 Å². The van der Waals surface area contributed by atoms with Crippen LogP contribution < -0.4 is 4.74 Å². The van der Waals surface area contributed by atoms with E-state index in [0.29, 0.717) is 12.0 Å². The third-order valence-electron chi connectivity index (χ3n) is 4.17. The van der Waals surface area contributed by atoms with Crippen molar-refractivity contribution in [3.05, 3.63) is 42.2 Å². The van der Waals surface area contributed by atoms with E-state index in [9.17, 15) is 0 Å². The van der Waals surface area contributed by atoms with Crippen LogP contribution in [0, 0.1) is 5.92 Å². The van der Waals surface area contributed by atoms with Crippen LogP contribution in [-0.4, -0.2) is 25.4 Å². The zero-order valence-corrected chi connectivity index (χ0v) is 10.7. The van der Waals surface area contributed by atoms with Gasteiger partial charge in [-0.05, 0) is 30.7 Å². The van der Waals surface area contributed by atoms with Crippen molar-refractivity contribution in [2.24, 2.45) is 5.92 Å². The van der Waals surface area contributed by atoms with E-state index in [1.807, 2.05) is 24.3 Å². The fourth-order valence-electron chi connectivity index (χ4n) is 3.04. The molecule has 2 aliphatic heterocycles. The monoisotopic (exact) mass is 260 g/mol. The van der Waals surface area contributed by atoms with E-state index in [2.05, 4.69) is 6.58 Å². The van der Waals surface area contributed by atoms with Crippen LogP contribution in [0.1, 0.15) is 18.3 Å². The molecule has 4 nitrogen and oxygen atoms in total. The van der Waals surface area contributed by atoms with Crippen LogP contribution in [0.15, 0.2) is 36.6 Å². The summed E-state index contributed by atoms with van der Waals surface area (Å²) < 4.78 is 22.6. The zero-order chi connectivity index (χ0) is 13.0. The van der Waals surface area contributed by atoms with Crippen LogP contribution >= 0.6 is 0 Å². The van der Waals surface area contributed by atoms with Crippen LogP contribution in [-0.2, 0) is 14.2 Å². The van der Waals surface area contributed by atoms with Gasteiger partial charge >= 0.3 is 0 Å². The minimum absolute atomic E-state index is 0.0957. The van der Waals surface area contributed by atoms with Crippen molar-refractivity contribution in [1.29, 1.82) is 0 Å². The highest BCUT2D eigenvalue weighted by Crippen LogP contribution is 2.51. The number of epoxide rings is 1. The van der Waals surface area contributed by atoms with E-state index in [1.54, 1.807) is 7.11 Å². The van der Waals surface area contributed by atoms with Gasteiger partial charge in [-0.1, -0.05) is 6.58 Å². The molecule has 0 N–H and O–H groups in total. The maximum Gasteiger partial charge on any atom is 0.226 e. The average molecular weight is 260 g/mol. The summed E-state index contributed by atoms with van der Waals surface area (Å²) in [6.07, 6.45) is 1.28. The maximum absolute atomic E-state index is 6.05. The van der Waals surface area contributed by atoms with Crippen molar-refractivity contribution in [3.63, 3.8) is 0 Å². The van der Waals surface area contributed by atoms with Gasteiger partial charge in [0.25, 0.3) is 0 Å². The van der Waals surface area contributed by atoms with Crippen molar-refractivity contribution in [2.75, 3.05) is 7.11 Å². The summed E-state index contributed by atoms with van der Waals surface area (Å²) in [7, 11) is 1.65. The van der Waals surface area contributed by atoms with E-state index >= 15 is 0 Å². The molecule has 1 aromatic rings. The quantitative estimate of drug-likeness (QED) is 0.766. The van der Waals surface area contributed by atoms with Gasteiger partial charge in [-0.2, -0.15) is 0 Å². The summed E-state index contributed by atoms with van der Waals surface area (Å²) in [6.45, 7) is 4.04. The highest BCUT2D eigenvalue weighted by atomic mass is 16.7. The fourth-order valence-corrected chi connectivity index (χ4v) is 3.04. The second-order valence-electron chi connectivity index (χ2n) is 5.27. The number of benzene rings is 1. The van der Waals surface area contributed by atoms with Crippen LogP contribution in [0.5, 0.6) is 5.75 Å². The van der Waals surface area contributed by atoms with E-state index in [1.165, 1.54) is 0 Å². The highest BCUT2D eigenvalue weighted by Gasteiger charge is 2.60. The van der Waals surface area contributed by atoms with Gasteiger partial charge in [0.2, 0.25) is 6.29 Å². The first-order valence-corrected chi connectivity index (χ1v) is 6.56. The molecule has 1 unspecified atom stereocenters. The number of hydrogen-bond acceptors (Lipinski definition) is 4. The lowest BCUT2D eigenvalue weighted by molar-refractivity contribution is -0.212. The van der Waals surface area contributed by atoms with Gasteiger partial charge in [0.1, 0.15) is 18.0 Å². The molecule has 0 spiro atoms.